The highest BCUT2D eigenvalue weighted by Gasteiger charge is 2.30. The quantitative estimate of drug-likeness (QED) is 0.864. The number of rotatable bonds is 5. The van der Waals surface area contributed by atoms with Crippen molar-refractivity contribution in [1.29, 1.82) is 0 Å². The largest absolute Gasteiger partial charge is 0.338 e. The zero-order valence-corrected chi connectivity index (χ0v) is 13.4. The molecular formula is C15H21N3O3S. The first-order valence-electron chi connectivity index (χ1n) is 7.72. The first-order chi connectivity index (χ1) is 10.5. The Hall–Kier alpha value is -1.60. The molecule has 1 saturated carbocycles. The molecule has 1 aliphatic carbocycles. The van der Waals surface area contributed by atoms with Crippen molar-refractivity contribution in [1.82, 2.24) is 10.0 Å². The van der Waals surface area contributed by atoms with Gasteiger partial charge in [-0.3, -0.25) is 4.90 Å². The van der Waals surface area contributed by atoms with Crippen molar-refractivity contribution >= 4 is 21.7 Å². The number of carbonyl (C=O) groups excluding carboxylic acids is 1. The number of carbonyl (C=O) groups is 1. The highest BCUT2D eigenvalue weighted by atomic mass is 32.2. The summed E-state index contributed by atoms with van der Waals surface area (Å²) in [5.41, 5.74) is 1.71. The van der Waals surface area contributed by atoms with Crippen LogP contribution in [0.5, 0.6) is 0 Å². The Labute approximate surface area is 130 Å². The van der Waals surface area contributed by atoms with Crippen molar-refractivity contribution in [3.8, 4) is 0 Å². The van der Waals surface area contributed by atoms with Crippen molar-refractivity contribution in [2.45, 2.75) is 43.5 Å². The molecule has 0 radical (unpaired) electrons. The molecule has 0 bridgehead atoms. The normalized spacial score (nSPS) is 17.4. The van der Waals surface area contributed by atoms with Crippen molar-refractivity contribution in [3.63, 3.8) is 0 Å². The molecule has 1 heterocycles. The van der Waals surface area contributed by atoms with E-state index in [2.05, 4.69) is 10.0 Å². The van der Waals surface area contributed by atoms with E-state index >= 15 is 0 Å². The predicted molar refractivity (Wildman–Crippen MR) is 84.5 cm³/mol. The molecule has 6 nitrogen and oxygen atoms in total. The van der Waals surface area contributed by atoms with Crippen molar-refractivity contribution in [2.24, 2.45) is 0 Å². The number of sulfonamides is 1. The molecule has 0 atom stereocenters. The van der Waals surface area contributed by atoms with Gasteiger partial charge in [0.15, 0.2) is 0 Å². The minimum atomic E-state index is -3.44. The molecule has 3 rings (SSSR count). The minimum absolute atomic E-state index is 0.0922. The standard InChI is InChI=1S/C15H21N3O3S/c1-2-8-16-15(19)18-9-7-11-10-13(5-6-14(11)18)22(20,21)17-12-3-4-12/h5-6,10,12,17H,2-4,7-9H2,1H3,(H,16,19). The van der Waals surface area contributed by atoms with Crippen LogP contribution in [0.4, 0.5) is 10.5 Å². The van der Waals surface area contributed by atoms with Crippen LogP contribution in [-0.2, 0) is 16.4 Å². The molecule has 2 N–H and O–H groups in total. The van der Waals surface area contributed by atoms with Gasteiger partial charge < -0.3 is 5.32 Å². The summed E-state index contributed by atoms with van der Waals surface area (Å²) < 4.78 is 27.1. The predicted octanol–water partition coefficient (Wildman–Crippen LogP) is 1.61. The van der Waals surface area contributed by atoms with Crippen LogP contribution in [0, 0.1) is 0 Å². The fourth-order valence-electron chi connectivity index (χ4n) is 2.57. The van der Waals surface area contributed by atoms with Gasteiger partial charge in [0.25, 0.3) is 0 Å². The number of hydrogen-bond donors (Lipinski definition) is 2. The van der Waals surface area contributed by atoms with E-state index in [-0.39, 0.29) is 17.0 Å². The molecule has 1 aromatic rings. The lowest BCUT2D eigenvalue weighted by Gasteiger charge is -2.18. The maximum Gasteiger partial charge on any atom is 0.321 e. The number of amides is 2. The van der Waals surface area contributed by atoms with E-state index < -0.39 is 10.0 Å². The highest BCUT2D eigenvalue weighted by Crippen LogP contribution is 2.31. The smallest absolute Gasteiger partial charge is 0.321 e. The summed E-state index contributed by atoms with van der Waals surface area (Å²) in [5.74, 6) is 0. The molecule has 7 heteroatoms. The van der Waals surface area contributed by atoms with Gasteiger partial charge in [0.2, 0.25) is 10.0 Å². The molecule has 1 aromatic carbocycles. The van der Waals surface area contributed by atoms with E-state index in [9.17, 15) is 13.2 Å². The van der Waals surface area contributed by atoms with Gasteiger partial charge in [-0.25, -0.2) is 17.9 Å². The van der Waals surface area contributed by atoms with Gasteiger partial charge in [0.1, 0.15) is 0 Å². The molecule has 0 unspecified atom stereocenters. The van der Waals surface area contributed by atoms with Crippen LogP contribution < -0.4 is 14.9 Å². The number of hydrogen-bond acceptors (Lipinski definition) is 3. The summed E-state index contributed by atoms with van der Waals surface area (Å²) >= 11 is 0. The van der Waals surface area contributed by atoms with Crippen LogP contribution in [0.2, 0.25) is 0 Å². The average molecular weight is 323 g/mol. The maximum atomic E-state index is 12.2. The van der Waals surface area contributed by atoms with Gasteiger partial charge >= 0.3 is 6.03 Å². The first kappa shape index (κ1) is 15.3. The van der Waals surface area contributed by atoms with E-state index in [0.717, 1.165) is 30.5 Å². The number of nitrogens with one attached hydrogen (secondary N) is 2. The summed E-state index contributed by atoms with van der Waals surface area (Å²) in [6.45, 7) is 3.23. The summed E-state index contributed by atoms with van der Waals surface area (Å²) in [5, 5.41) is 2.85. The summed E-state index contributed by atoms with van der Waals surface area (Å²) in [6, 6.07) is 4.97. The molecule has 2 aliphatic rings. The fraction of sp³-hybridized carbons (Fsp3) is 0.533. The third-order valence-corrected chi connectivity index (χ3v) is 5.45. The Morgan fingerprint density at radius 3 is 2.82 bits per heavy atom. The second kappa shape index (κ2) is 5.89. The Kier molecular flexibility index (Phi) is 4.10. The molecule has 0 spiro atoms. The van der Waals surface area contributed by atoms with Crippen LogP contribution in [0.3, 0.4) is 0 Å². The van der Waals surface area contributed by atoms with Crippen molar-refractivity contribution in [3.05, 3.63) is 23.8 Å². The van der Waals surface area contributed by atoms with E-state index in [1.54, 1.807) is 23.1 Å². The van der Waals surface area contributed by atoms with Gasteiger partial charge in [-0.15, -0.1) is 0 Å². The van der Waals surface area contributed by atoms with E-state index in [1.165, 1.54) is 0 Å². The Balaban J connectivity index is 1.79. The van der Waals surface area contributed by atoms with Gasteiger partial charge in [-0.2, -0.15) is 0 Å². The molecule has 1 aliphatic heterocycles. The molecule has 22 heavy (non-hydrogen) atoms. The fourth-order valence-corrected chi connectivity index (χ4v) is 3.93. The lowest BCUT2D eigenvalue weighted by molar-refractivity contribution is 0.247. The SMILES string of the molecule is CCCNC(=O)N1CCc2cc(S(=O)(=O)NC3CC3)ccc21. The number of urea groups is 1. The minimum Gasteiger partial charge on any atom is -0.338 e. The van der Waals surface area contributed by atoms with Crippen LogP contribution in [0.15, 0.2) is 23.1 Å². The van der Waals surface area contributed by atoms with Crippen LogP contribution in [0.25, 0.3) is 0 Å². The van der Waals surface area contributed by atoms with Crippen molar-refractivity contribution in [2.75, 3.05) is 18.0 Å². The van der Waals surface area contributed by atoms with Gasteiger partial charge in [-0.05, 0) is 49.4 Å². The van der Waals surface area contributed by atoms with E-state index in [1.807, 2.05) is 6.92 Å². The number of anilines is 1. The zero-order chi connectivity index (χ0) is 15.7. The lowest BCUT2D eigenvalue weighted by atomic mass is 10.2. The summed E-state index contributed by atoms with van der Waals surface area (Å²) in [4.78, 5) is 14.0. The van der Waals surface area contributed by atoms with Crippen LogP contribution >= 0.6 is 0 Å². The van der Waals surface area contributed by atoms with E-state index in [4.69, 9.17) is 0 Å². The monoisotopic (exact) mass is 323 g/mol. The second-order valence-electron chi connectivity index (χ2n) is 5.82. The first-order valence-corrected chi connectivity index (χ1v) is 9.20. The molecular weight excluding hydrogens is 302 g/mol. The number of fused-ring (bicyclic) bond motifs is 1. The maximum absolute atomic E-state index is 12.2. The molecule has 0 saturated heterocycles. The summed E-state index contributed by atoms with van der Waals surface area (Å²) in [6.07, 6.45) is 3.39. The van der Waals surface area contributed by atoms with Crippen molar-refractivity contribution < 1.29 is 13.2 Å². The molecule has 0 aromatic heterocycles. The van der Waals surface area contributed by atoms with E-state index in [0.29, 0.717) is 19.5 Å². The highest BCUT2D eigenvalue weighted by molar-refractivity contribution is 7.89. The van der Waals surface area contributed by atoms with Gasteiger partial charge in [-0.1, -0.05) is 6.92 Å². The second-order valence-corrected chi connectivity index (χ2v) is 7.53. The van der Waals surface area contributed by atoms with Gasteiger partial charge in [0, 0.05) is 24.8 Å². The number of benzene rings is 1. The topological polar surface area (TPSA) is 78.5 Å². The average Bonchev–Trinajstić information content (AvgIpc) is 3.18. The molecule has 120 valence electrons. The van der Waals surface area contributed by atoms with Crippen LogP contribution in [0.1, 0.15) is 31.7 Å². The number of nitrogens with zero attached hydrogens (tertiary/aromatic N) is 1. The Morgan fingerprint density at radius 1 is 1.36 bits per heavy atom. The van der Waals surface area contributed by atoms with Gasteiger partial charge in [0.05, 0.1) is 4.90 Å². The molecule has 2 amide bonds. The Bertz CT molecular complexity index is 683. The third kappa shape index (κ3) is 3.10. The third-order valence-electron chi connectivity index (χ3n) is 3.93. The lowest BCUT2D eigenvalue weighted by Crippen LogP contribution is -2.39. The zero-order valence-electron chi connectivity index (χ0n) is 12.6. The summed E-state index contributed by atoms with van der Waals surface area (Å²) in [7, 11) is -3.44. The molecule has 1 fully saturated rings. The van der Waals surface area contributed by atoms with Crippen LogP contribution in [-0.4, -0.2) is 33.6 Å². The Morgan fingerprint density at radius 2 is 2.14 bits per heavy atom.